The highest BCUT2D eigenvalue weighted by atomic mass is 16.5. The Balaban J connectivity index is 1.38. The second kappa shape index (κ2) is 15.1. The van der Waals surface area contributed by atoms with Crippen LogP contribution in [0.2, 0.25) is 0 Å². The monoisotopic (exact) mass is 446 g/mol. The van der Waals surface area contributed by atoms with Gasteiger partial charge in [-0.1, -0.05) is 106 Å². The molecule has 0 atom stereocenters. The van der Waals surface area contributed by atoms with Crippen molar-refractivity contribution in [2.45, 2.75) is 96.3 Å². The second-order valence-electron chi connectivity index (χ2n) is 10.1. The van der Waals surface area contributed by atoms with Crippen LogP contribution in [0.4, 0.5) is 0 Å². The number of unbranched alkanes of at least 4 members (excludes halogenated alkanes) is 7. The Kier molecular flexibility index (Phi) is 11.8. The van der Waals surface area contributed by atoms with Crippen molar-refractivity contribution in [2.24, 2.45) is 5.92 Å². The summed E-state index contributed by atoms with van der Waals surface area (Å²) in [5.74, 6) is 1.44. The van der Waals surface area contributed by atoms with Crippen LogP contribution in [0.1, 0.15) is 101 Å². The summed E-state index contributed by atoms with van der Waals surface area (Å²) in [4.78, 5) is 0. The van der Waals surface area contributed by atoms with Crippen molar-refractivity contribution in [1.29, 1.82) is 0 Å². The summed E-state index contributed by atoms with van der Waals surface area (Å²) in [6.07, 6.45) is 19.3. The van der Waals surface area contributed by atoms with Gasteiger partial charge in [0.15, 0.2) is 0 Å². The number of hydrogen-bond acceptors (Lipinski definition) is 1. The molecule has 0 spiro atoms. The highest BCUT2D eigenvalue weighted by molar-refractivity contribution is 5.64. The lowest BCUT2D eigenvalue weighted by molar-refractivity contribution is 0.102. The first-order valence-electron chi connectivity index (χ1n) is 13.7. The Morgan fingerprint density at radius 1 is 0.758 bits per heavy atom. The van der Waals surface area contributed by atoms with Crippen LogP contribution >= 0.6 is 0 Å². The predicted octanol–water partition coefficient (Wildman–Crippen LogP) is 9.51. The van der Waals surface area contributed by atoms with Crippen molar-refractivity contribution < 1.29 is 4.74 Å². The highest BCUT2D eigenvalue weighted by Crippen LogP contribution is 2.36. The van der Waals surface area contributed by atoms with E-state index in [0.29, 0.717) is 12.5 Å². The van der Waals surface area contributed by atoms with Crippen molar-refractivity contribution in [3.63, 3.8) is 0 Å². The maximum atomic E-state index is 5.67. The third-order valence-electron chi connectivity index (χ3n) is 7.42. The summed E-state index contributed by atoms with van der Waals surface area (Å²) in [5.41, 5.74) is 5.67. The van der Waals surface area contributed by atoms with Crippen molar-refractivity contribution >= 4 is 0 Å². The average molecular weight is 447 g/mol. The molecule has 1 fully saturated rings. The summed E-state index contributed by atoms with van der Waals surface area (Å²) in [7, 11) is 0. The first-order valence-corrected chi connectivity index (χ1v) is 13.7. The number of aryl methyl sites for hydroxylation is 1. The summed E-state index contributed by atoms with van der Waals surface area (Å²) in [6, 6.07) is 18.7. The zero-order valence-electron chi connectivity index (χ0n) is 21.1. The molecule has 33 heavy (non-hydrogen) atoms. The fraction of sp³-hybridized carbons (Fsp3) is 0.562. The predicted molar refractivity (Wildman–Crippen MR) is 144 cm³/mol. The van der Waals surface area contributed by atoms with Gasteiger partial charge in [0.2, 0.25) is 0 Å². The van der Waals surface area contributed by atoms with E-state index in [9.17, 15) is 0 Å². The van der Waals surface area contributed by atoms with Gasteiger partial charge in [-0.25, -0.2) is 0 Å². The summed E-state index contributed by atoms with van der Waals surface area (Å²) < 4.78 is 5.67. The smallest absolute Gasteiger partial charge is 0.0644 e. The Hall–Kier alpha value is -1.86. The van der Waals surface area contributed by atoms with Gasteiger partial charge < -0.3 is 4.74 Å². The molecule has 0 radical (unpaired) electrons. The summed E-state index contributed by atoms with van der Waals surface area (Å²) in [5, 5.41) is 0. The molecular formula is C32H46O. The van der Waals surface area contributed by atoms with Gasteiger partial charge in [-0.05, 0) is 72.6 Å². The first-order chi connectivity index (χ1) is 16.3. The van der Waals surface area contributed by atoms with Crippen LogP contribution in [0, 0.1) is 5.92 Å². The van der Waals surface area contributed by atoms with E-state index in [1.807, 2.05) is 6.08 Å². The molecule has 1 heteroatoms. The molecule has 3 rings (SSSR count). The van der Waals surface area contributed by atoms with Crippen LogP contribution in [0.15, 0.2) is 61.2 Å². The molecule has 0 amide bonds. The first kappa shape index (κ1) is 25.8. The molecular weight excluding hydrogens is 400 g/mol. The molecule has 1 saturated carbocycles. The molecule has 0 aromatic heterocycles. The Bertz CT molecular complexity index is 765. The van der Waals surface area contributed by atoms with Gasteiger partial charge >= 0.3 is 0 Å². The normalized spacial score (nSPS) is 18.3. The molecule has 0 saturated heterocycles. The summed E-state index contributed by atoms with van der Waals surface area (Å²) in [6.45, 7) is 7.60. The minimum absolute atomic E-state index is 0.682. The Morgan fingerprint density at radius 2 is 1.33 bits per heavy atom. The van der Waals surface area contributed by atoms with E-state index < -0.39 is 0 Å². The van der Waals surface area contributed by atoms with Crippen LogP contribution < -0.4 is 0 Å². The minimum Gasteiger partial charge on any atom is -0.377 e. The van der Waals surface area contributed by atoms with Gasteiger partial charge in [0.25, 0.3) is 0 Å². The van der Waals surface area contributed by atoms with Gasteiger partial charge in [0.05, 0.1) is 6.61 Å². The zero-order valence-corrected chi connectivity index (χ0v) is 21.1. The maximum absolute atomic E-state index is 5.67. The molecule has 1 aliphatic rings. The number of hydrogen-bond donors (Lipinski definition) is 0. The van der Waals surface area contributed by atoms with Crippen molar-refractivity contribution in [3.8, 4) is 11.1 Å². The zero-order chi connectivity index (χ0) is 23.1. The van der Waals surface area contributed by atoms with Crippen LogP contribution in [0.25, 0.3) is 11.1 Å². The third-order valence-corrected chi connectivity index (χ3v) is 7.42. The quantitative estimate of drug-likeness (QED) is 0.195. The number of benzene rings is 2. The molecule has 0 N–H and O–H groups in total. The molecule has 0 aliphatic heterocycles. The molecule has 1 nitrogen and oxygen atoms in total. The average Bonchev–Trinajstić information content (AvgIpc) is 2.87. The number of rotatable bonds is 15. The molecule has 2 aromatic rings. The second-order valence-corrected chi connectivity index (χ2v) is 10.1. The van der Waals surface area contributed by atoms with E-state index in [0.717, 1.165) is 12.5 Å². The minimum atomic E-state index is 0.682. The maximum Gasteiger partial charge on any atom is 0.0644 e. The topological polar surface area (TPSA) is 9.23 Å². The van der Waals surface area contributed by atoms with E-state index in [1.165, 1.54) is 106 Å². The van der Waals surface area contributed by atoms with E-state index >= 15 is 0 Å². The van der Waals surface area contributed by atoms with Gasteiger partial charge in [0.1, 0.15) is 0 Å². The lowest BCUT2D eigenvalue weighted by Gasteiger charge is -2.28. The van der Waals surface area contributed by atoms with E-state index in [1.54, 1.807) is 0 Å². The highest BCUT2D eigenvalue weighted by Gasteiger charge is 2.22. The molecule has 2 aromatic carbocycles. The lowest BCUT2D eigenvalue weighted by atomic mass is 9.79. The van der Waals surface area contributed by atoms with Gasteiger partial charge in [-0.2, -0.15) is 0 Å². The van der Waals surface area contributed by atoms with Crippen LogP contribution in [0.5, 0.6) is 0 Å². The standard InChI is InChI=1S/C32H46O/c1-3-5-6-7-8-9-10-11-12-27-13-17-29(18-14-27)31-21-23-32(24-22-31)30-19-15-28(16-20-30)26-33-25-4-2/h4,13-14,17-18,21-24,28,30H,2-3,5-12,15-16,19-20,25-26H2,1H3. The Morgan fingerprint density at radius 3 is 1.94 bits per heavy atom. The molecule has 0 bridgehead atoms. The van der Waals surface area contributed by atoms with Crippen molar-refractivity contribution in [2.75, 3.05) is 13.2 Å². The van der Waals surface area contributed by atoms with E-state index in [2.05, 4.69) is 62.0 Å². The molecule has 0 unspecified atom stereocenters. The fourth-order valence-corrected chi connectivity index (χ4v) is 5.26. The van der Waals surface area contributed by atoms with Crippen LogP contribution in [0.3, 0.4) is 0 Å². The molecule has 1 aliphatic carbocycles. The van der Waals surface area contributed by atoms with Crippen LogP contribution in [-0.2, 0) is 11.2 Å². The third kappa shape index (κ3) is 9.13. The van der Waals surface area contributed by atoms with E-state index in [-0.39, 0.29) is 0 Å². The van der Waals surface area contributed by atoms with Gasteiger partial charge in [0, 0.05) is 6.61 Å². The van der Waals surface area contributed by atoms with Crippen LogP contribution in [-0.4, -0.2) is 13.2 Å². The SMILES string of the molecule is C=CCOCC1CCC(c2ccc(-c3ccc(CCCCCCCCCC)cc3)cc2)CC1. The van der Waals surface area contributed by atoms with Gasteiger partial charge in [-0.3, -0.25) is 0 Å². The Labute approximate surface area is 203 Å². The lowest BCUT2D eigenvalue weighted by Crippen LogP contribution is -2.18. The van der Waals surface area contributed by atoms with E-state index in [4.69, 9.17) is 4.74 Å². The van der Waals surface area contributed by atoms with Gasteiger partial charge in [-0.15, -0.1) is 6.58 Å². The molecule has 0 heterocycles. The fourth-order valence-electron chi connectivity index (χ4n) is 5.26. The molecule has 180 valence electrons. The van der Waals surface area contributed by atoms with Crippen molar-refractivity contribution in [1.82, 2.24) is 0 Å². The largest absolute Gasteiger partial charge is 0.377 e. The van der Waals surface area contributed by atoms with Crippen molar-refractivity contribution in [3.05, 3.63) is 72.3 Å². The number of ether oxygens (including phenoxy) is 1. The summed E-state index contributed by atoms with van der Waals surface area (Å²) >= 11 is 0.